The van der Waals surface area contributed by atoms with E-state index in [1.807, 2.05) is 0 Å². The van der Waals surface area contributed by atoms with Crippen LogP contribution >= 0.6 is 15.9 Å². The first-order chi connectivity index (χ1) is 15.5. The van der Waals surface area contributed by atoms with Gasteiger partial charge in [0.05, 0.1) is 17.8 Å². The highest BCUT2D eigenvalue weighted by molar-refractivity contribution is 9.10. The van der Waals surface area contributed by atoms with E-state index < -0.39 is 34.8 Å². The summed E-state index contributed by atoms with van der Waals surface area (Å²) in [7, 11) is 3.08. The zero-order chi connectivity index (χ0) is 24.4. The minimum Gasteiger partial charge on any atom is -0.505 e. The maximum atomic E-state index is 13.2. The molecule has 2 heterocycles. The summed E-state index contributed by atoms with van der Waals surface area (Å²) < 4.78 is -0.116. The quantitative estimate of drug-likeness (QED) is 0.351. The Morgan fingerprint density at radius 2 is 1.82 bits per heavy atom. The number of aromatic amines is 2. The van der Waals surface area contributed by atoms with E-state index in [4.69, 9.17) is 0 Å². The number of amides is 3. The summed E-state index contributed by atoms with van der Waals surface area (Å²) in [5.41, 5.74) is -1.77. The van der Waals surface area contributed by atoms with Gasteiger partial charge in [0.1, 0.15) is 16.2 Å². The lowest BCUT2D eigenvalue weighted by Crippen LogP contribution is -2.60. The Balaban J connectivity index is 1.91. The number of urea groups is 1. The summed E-state index contributed by atoms with van der Waals surface area (Å²) in [4.78, 5) is 64.7. The molecule has 3 amide bonds. The van der Waals surface area contributed by atoms with Crippen molar-refractivity contribution in [3.05, 3.63) is 48.9 Å². The molecule has 176 valence electrons. The smallest absolute Gasteiger partial charge is 0.328 e. The number of carbonyl (C=O) groups is 3. The molecule has 0 aliphatic carbocycles. The van der Waals surface area contributed by atoms with E-state index in [1.54, 1.807) is 0 Å². The van der Waals surface area contributed by atoms with E-state index in [-0.39, 0.29) is 47.1 Å². The van der Waals surface area contributed by atoms with Crippen LogP contribution in [0.15, 0.2) is 32.3 Å². The number of nitrogens with one attached hydrogen (secondary N) is 3. The number of anilines is 2. The Hall–Kier alpha value is -3.81. The summed E-state index contributed by atoms with van der Waals surface area (Å²) in [6.07, 6.45) is 0. The third kappa shape index (κ3) is 4.69. The van der Waals surface area contributed by atoms with Gasteiger partial charge >= 0.3 is 12.0 Å². The minimum absolute atomic E-state index is 0.0500. The summed E-state index contributed by atoms with van der Waals surface area (Å²) >= 11 is 2.99. The number of aliphatic carboxylic acids is 1. The van der Waals surface area contributed by atoms with Gasteiger partial charge in [0.15, 0.2) is 5.75 Å². The Morgan fingerprint density at radius 1 is 1.15 bits per heavy atom. The first-order valence-corrected chi connectivity index (χ1v) is 10.4. The first kappa shape index (κ1) is 23.8. The van der Waals surface area contributed by atoms with Crippen LogP contribution in [0.2, 0.25) is 0 Å². The monoisotopic (exact) mass is 524 g/mol. The molecular weight excluding hydrogens is 504 g/mol. The van der Waals surface area contributed by atoms with Gasteiger partial charge in [0.25, 0.3) is 17.0 Å². The van der Waals surface area contributed by atoms with Crippen molar-refractivity contribution in [2.75, 3.05) is 39.0 Å². The van der Waals surface area contributed by atoms with Gasteiger partial charge in [-0.2, -0.15) is 0 Å². The second-order valence-electron chi connectivity index (χ2n) is 7.40. The van der Waals surface area contributed by atoms with E-state index >= 15 is 0 Å². The van der Waals surface area contributed by atoms with Gasteiger partial charge in [-0.3, -0.25) is 24.6 Å². The Kier molecular flexibility index (Phi) is 6.76. The number of nitrogens with zero attached hydrogens (tertiary/aromatic N) is 3. The fourth-order valence-electron chi connectivity index (χ4n) is 3.36. The molecule has 1 aromatic heterocycles. The van der Waals surface area contributed by atoms with Crippen molar-refractivity contribution in [3.63, 3.8) is 0 Å². The van der Waals surface area contributed by atoms with Crippen molar-refractivity contribution in [1.29, 1.82) is 0 Å². The Morgan fingerprint density at radius 3 is 2.45 bits per heavy atom. The molecule has 1 aliphatic heterocycles. The molecule has 33 heavy (non-hydrogen) atoms. The Labute approximate surface area is 194 Å². The molecular formula is C19H21BrN6O7. The van der Waals surface area contributed by atoms with Crippen molar-refractivity contribution in [1.82, 2.24) is 24.9 Å². The van der Waals surface area contributed by atoms with Crippen LogP contribution in [-0.2, 0) is 4.79 Å². The van der Waals surface area contributed by atoms with Crippen LogP contribution in [0.4, 0.5) is 16.2 Å². The highest BCUT2D eigenvalue weighted by Crippen LogP contribution is 2.32. The highest BCUT2D eigenvalue weighted by atomic mass is 79.9. The molecule has 14 heteroatoms. The number of halogens is 1. The minimum atomic E-state index is -1.32. The molecule has 0 spiro atoms. The molecule has 1 fully saturated rings. The number of hydrogen-bond donors (Lipinski definition) is 5. The molecule has 0 saturated carbocycles. The van der Waals surface area contributed by atoms with Crippen LogP contribution in [-0.4, -0.2) is 92.8 Å². The number of phenols is 1. The normalized spacial score (nSPS) is 15.8. The molecule has 1 aliphatic rings. The van der Waals surface area contributed by atoms with Gasteiger partial charge in [-0.25, -0.2) is 9.59 Å². The third-order valence-electron chi connectivity index (χ3n) is 5.04. The molecule has 2 aromatic rings. The zero-order valence-electron chi connectivity index (χ0n) is 17.6. The Bertz CT molecular complexity index is 1220. The largest absolute Gasteiger partial charge is 0.505 e. The van der Waals surface area contributed by atoms with Gasteiger partial charge in [0, 0.05) is 27.2 Å². The SMILES string of the molecule is CN(C)C(=O)N1CCN(C(=O)c2cccc(Nc3c(Br)c(=O)[nH][nH]c3=O)c2O)C(C(=O)O)C1. The molecule has 0 bridgehead atoms. The van der Waals surface area contributed by atoms with Gasteiger partial charge in [-0.1, -0.05) is 6.07 Å². The van der Waals surface area contributed by atoms with E-state index in [2.05, 4.69) is 31.4 Å². The molecule has 1 atom stereocenters. The number of para-hydroxylation sites is 1. The summed E-state index contributed by atoms with van der Waals surface area (Å²) in [6, 6.07) is 2.40. The van der Waals surface area contributed by atoms with E-state index in [1.165, 1.54) is 42.1 Å². The molecule has 1 unspecified atom stereocenters. The lowest BCUT2D eigenvalue weighted by molar-refractivity contribution is -0.144. The topological polar surface area (TPSA) is 179 Å². The van der Waals surface area contributed by atoms with Gasteiger partial charge in [0.2, 0.25) is 0 Å². The van der Waals surface area contributed by atoms with Crippen molar-refractivity contribution >= 4 is 45.2 Å². The number of carboxylic acids is 1. The molecule has 3 rings (SSSR count). The van der Waals surface area contributed by atoms with E-state index in [9.17, 15) is 34.2 Å². The number of carboxylic acid groups (broad SMARTS) is 1. The zero-order valence-corrected chi connectivity index (χ0v) is 19.2. The number of hydrogen-bond acceptors (Lipinski definition) is 7. The number of H-pyrrole nitrogens is 2. The predicted octanol–water partition coefficient (Wildman–Crippen LogP) is 0.167. The summed E-state index contributed by atoms with van der Waals surface area (Å²) in [5, 5.41) is 27.2. The molecule has 5 N–H and O–H groups in total. The highest BCUT2D eigenvalue weighted by Gasteiger charge is 2.38. The molecule has 1 aromatic carbocycles. The van der Waals surface area contributed by atoms with Gasteiger partial charge in [-0.15, -0.1) is 0 Å². The maximum Gasteiger partial charge on any atom is 0.328 e. The van der Waals surface area contributed by atoms with Crippen LogP contribution in [0, 0.1) is 0 Å². The number of benzene rings is 1. The second-order valence-corrected chi connectivity index (χ2v) is 8.19. The molecule has 0 radical (unpaired) electrons. The van der Waals surface area contributed by atoms with Gasteiger partial charge < -0.3 is 30.2 Å². The number of aromatic nitrogens is 2. The predicted molar refractivity (Wildman–Crippen MR) is 120 cm³/mol. The summed E-state index contributed by atoms with van der Waals surface area (Å²) in [5.74, 6) is -2.60. The summed E-state index contributed by atoms with van der Waals surface area (Å²) in [6.45, 7) is -0.169. The molecule has 13 nitrogen and oxygen atoms in total. The number of aromatic hydroxyl groups is 1. The van der Waals surface area contributed by atoms with E-state index in [0.717, 1.165) is 4.90 Å². The average Bonchev–Trinajstić information content (AvgIpc) is 2.78. The van der Waals surface area contributed by atoms with Crippen molar-refractivity contribution in [2.45, 2.75) is 6.04 Å². The fraction of sp³-hybridized carbons (Fsp3) is 0.316. The maximum absolute atomic E-state index is 13.2. The van der Waals surface area contributed by atoms with Crippen LogP contribution in [0.5, 0.6) is 5.75 Å². The van der Waals surface area contributed by atoms with Crippen LogP contribution < -0.4 is 16.4 Å². The molecule has 1 saturated heterocycles. The van der Waals surface area contributed by atoms with Gasteiger partial charge in [-0.05, 0) is 28.1 Å². The fourth-order valence-corrected chi connectivity index (χ4v) is 3.73. The van der Waals surface area contributed by atoms with Crippen molar-refractivity contribution in [2.24, 2.45) is 0 Å². The number of piperazine rings is 1. The standard InChI is InChI=1S/C19H21BrN6O7/c1-24(2)19(33)25-6-7-26(11(8-25)18(31)32)17(30)9-4-3-5-10(14(9)27)21-13-12(20)15(28)22-23-16(13)29/h3-5,11,27H,6-8H2,1-2H3,(H,23,29)(H,31,32)(H2,21,22,28). The van der Waals surface area contributed by atoms with Crippen molar-refractivity contribution < 1.29 is 24.6 Å². The van der Waals surface area contributed by atoms with Crippen molar-refractivity contribution in [3.8, 4) is 5.75 Å². The number of rotatable bonds is 4. The van der Waals surface area contributed by atoms with E-state index in [0.29, 0.717) is 0 Å². The number of phenolic OH excluding ortho intramolecular Hbond substituents is 1. The lowest BCUT2D eigenvalue weighted by atomic mass is 10.1. The number of carbonyl (C=O) groups excluding carboxylic acids is 2. The third-order valence-corrected chi connectivity index (χ3v) is 5.80. The van der Waals surface area contributed by atoms with Crippen LogP contribution in [0.3, 0.4) is 0 Å². The average molecular weight is 525 g/mol. The lowest BCUT2D eigenvalue weighted by Gasteiger charge is -2.40. The van der Waals surface area contributed by atoms with Crippen LogP contribution in [0.25, 0.3) is 0 Å². The second kappa shape index (κ2) is 9.36. The first-order valence-electron chi connectivity index (χ1n) is 9.62. The van der Waals surface area contributed by atoms with Crippen LogP contribution in [0.1, 0.15) is 10.4 Å².